The molecule has 1 heteroatoms. The highest BCUT2D eigenvalue weighted by Gasteiger charge is 2.54. The summed E-state index contributed by atoms with van der Waals surface area (Å²) < 4.78 is 0. The Morgan fingerprint density at radius 3 is 2.62 bits per heavy atom. The molecule has 3 unspecified atom stereocenters. The van der Waals surface area contributed by atoms with Gasteiger partial charge in [0.15, 0.2) is 0 Å². The van der Waals surface area contributed by atoms with Gasteiger partial charge in [0.25, 0.3) is 0 Å². The maximum Gasteiger partial charge on any atom is 0.0636 e. The van der Waals surface area contributed by atoms with Crippen LogP contribution in [0.1, 0.15) is 40.0 Å². The summed E-state index contributed by atoms with van der Waals surface area (Å²) in [6, 6.07) is 0. The van der Waals surface area contributed by atoms with E-state index in [-0.39, 0.29) is 11.5 Å². The van der Waals surface area contributed by atoms with Gasteiger partial charge >= 0.3 is 0 Å². The minimum absolute atomic E-state index is 0.0573. The fraction of sp³-hybridized carbons (Fsp3) is 0.833. The molecule has 0 amide bonds. The van der Waals surface area contributed by atoms with Crippen LogP contribution in [0.4, 0.5) is 0 Å². The van der Waals surface area contributed by atoms with E-state index < -0.39 is 0 Å². The fourth-order valence-corrected chi connectivity index (χ4v) is 3.46. The van der Waals surface area contributed by atoms with Gasteiger partial charge in [-0.15, -0.1) is 0 Å². The third-order valence-electron chi connectivity index (χ3n) is 4.23. The molecule has 0 saturated heterocycles. The van der Waals surface area contributed by atoms with Crippen molar-refractivity contribution in [3.05, 3.63) is 12.2 Å². The summed E-state index contributed by atoms with van der Waals surface area (Å²) in [5.74, 6) is 0.667. The molecule has 3 atom stereocenters. The summed E-state index contributed by atoms with van der Waals surface area (Å²) in [7, 11) is 0. The molecule has 0 bridgehead atoms. The predicted octanol–water partition coefficient (Wildman–Crippen LogP) is 2.75. The number of aliphatic hydroxyl groups excluding tert-OH is 1. The summed E-state index contributed by atoms with van der Waals surface area (Å²) in [4.78, 5) is 0. The third-order valence-corrected chi connectivity index (χ3v) is 4.23. The first-order valence-corrected chi connectivity index (χ1v) is 5.32. The fourth-order valence-electron chi connectivity index (χ4n) is 3.46. The van der Waals surface area contributed by atoms with E-state index in [0.717, 1.165) is 6.42 Å². The summed E-state index contributed by atoms with van der Waals surface area (Å²) in [6.45, 7) is 6.81. The Morgan fingerprint density at radius 1 is 1.31 bits per heavy atom. The molecular weight excluding hydrogens is 160 g/mol. The number of allylic oxidation sites excluding steroid dienone is 1. The monoisotopic (exact) mass is 180 g/mol. The van der Waals surface area contributed by atoms with Gasteiger partial charge in [-0.05, 0) is 30.6 Å². The van der Waals surface area contributed by atoms with Crippen LogP contribution < -0.4 is 0 Å². The standard InChI is InChI=1S/C12H20O/c1-11(2)8-10(13)12(3)7-5-4-6-9(11)12/h5,7,9-10,13H,4,6,8H2,1-3H3. The van der Waals surface area contributed by atoms with E-state index in [0.29, 0.717) is 11.3 Å². The van der Waals surface area contributed by atoms with Crippen LogP contribution in [0, 0.1) is 16.7 Å². The van der Waals surface area contributed by atoms with Crippen LogP contribution in [0.25, 0.3) is 0 Å². The number of fused-ring (bicyclic) bond motifs is 1. The first-order valence-electron chi connectivity index (χ1n) is 5.32. The van der Waals surface area contributed by atoms with Crippen molar-refractivity contribution in [2.24, 2.45) is 16.7 Å². The van der Waals surface area contributed by atoms with Crippen LogP contribution in [0.15, 0.2) is 12.2 Å². The van der Waals surface area contributed by atoms with Crippen molar-refractivity contribution in [3.63, 3.8) is 0 Å². The number of hydrogen-bond acceptors (Lipinski definition) is 1. The Hall–Kier alpha value is -0.300. The lowest BCUT2D eigenvalue weighted by Gasteiger charge is -2.39. The lowest BCUT2D eigenvalue weighted by atomic mass is 9.66. The van der Waals surface area contributed by atoms with Crippen LogP contribution in [-0.4, -0.2) is 11.2 Å². The van der Waals surface area contributed by atoms with Crippen LogP contribution in [-0.2, 0) is 0 Å². The Kier molecular flexibility index (Phi) is 1.85. The molecule has 1 N–H and O–H groups in total. The second-order valence-corrected chi connectivity index (χ2v) is 5.61. The maximum absolute atomic E-state index is 10.1. The molecule has 1 saturated carbocycles. The molecule has 2 aliphatic rings. The normalized spacial score (nSPS) is 47.7. The summed E-state index contributed by atoms with van der Waals surface area (Å²) in [6.07, 6.45) is 7.75. The lowest BCUT2D eigenvalue weighted by molar-refractivity contribution is 0.0671. The van der Waals surface area contributed by atoms with Crippen LogP contribution in [0.2, 0.25) is 0 Å². The summed E-state index contributed by atoms with van der Waals surface area (Å²) >= 11 is 0. The molecule has 0 aromatic rings. The quantitative estimate of drug-likeness (QED) is 0.568. The van der Waals surface area contributed by atoms with Gasteiger partial charge in [0.2, 0.25) is 0 Å². The molecule has 2 aliphatic carbocycles. The van der Waals surface area contributed by atoms with Crippen molar-refractivity contribution in [2.45, 2.75) is 46.1 Å². The molecule has 0 spiro atoms. The molecular formula is C12H20O. The Morgan fingerprint density at radius 2 is 2.00 bits per heavy atom. The lowest BCUT2D eigenvalue weighted by Crippen LogP contribution is -2.34. The molecule has 0 radical (unpaired) electrons. The van der Waals surface area contributed by atoms with E-state index in [1.807, 2.05) is 0 Å². The van der Waals surface area contributed by atoms with Crippen molar-refractivity contribution in [2.75, 3.05) is 0 Å². The highest BCUT2D eigenvalue weighted by molar-refractivity contribution is 5.16. The number of aliphatic hydroxyl groups is 1. The molecule has 74 valence electrons. The van der Waals surface area contributed by atoms with E-state index in [4.69, 9.17) is 0 Å². The van der Waals surface area contributed by atoms with Crippen molar-refractivity contribution >= 4 is 0 Å². The average Bonchev–Trinajstić information content (AvgIpc) is 2.20. The Balaban J connectivity index is 2.38. The van der Waals surface area contributed by atoms with Gasteiger partial charge in [0.1, 0.15) is 0 Å². The van der Waals surface area contributed by atoms with E-state index in [1.54, 1.807) is 0 Å². The molecule has 0 heterocycles. The second kappa shape index (κ2) is 2.60. The van der Waals surface area contributed by atoms with Crippen molar-refractivity contribution in [1.82, 2.24) is 0 Å². The molecule has 0 aromatic heterocycles. The smallest absolute Gasteiger partial charge is 0.0636 e. The summed E-state index contributed by atoms with van der Waals surface area (Å²) in [5, 5.41) is 10.1. The molecule has 13 heavy (non-hydrogen) atoms. The van der Waals surface area contributed by atoms with Crippen molar-refractivity contribution < 1.29 is 5.11 Å². The van der Waals surface area contributed by atoms with Gasteiger partial charge in [-0.25, -0.2) is 0 Å². The van der Waals surface area contributed by atoms with Crippen molar-refractivity contribution in [3.8, 4) is 0 Å². The van der Waals surface area contributed by atoms with E-state index in [9.17, 15) is 5.11 Å². The first kappa shape index (κ1) is 9.26. The van der Waals surface area contributed by atoms with Crippen molar-refractivity contribution in [1.29, 1.82) is 0 Å². The van der Waals surface area contributed by atoms with Crippen LogP contribution in [0.5, 0.6) is 0 Å². The summed E-state index contributed by atoms with van der Waals surface area (Å²) in [5.41, 5.74) is 0.376. The van der Waals surface area contributed by atoms with Gasteiger partial charge in [0.05, 0.1) is 6.10 Å². The van der Waals surface area contributed by atoms with Crippen LogP contribution in [0.3, 0.4) is 0 Å². The zero-order valence-corrected chi connectivity index (χ0v) is 8.88. The molecule has 0 aliphatic heterocycles. The highest BCUT2D eigenvalue weighted by atomic mass is 16.3. The number of rotatable bonds is 0. The van der Waals surface area contributed by atoms with Crippen LogP contribution >= 0.6 is 0 Å². The average molecular weight is 180 g/mol. The third kappa shape index (κ3) is 1.17. The zero-order chi connectivity index (χ0) is 9.69. The van der Waals surface area contributed by atoms with E-state index in [2.05, 4.69) is 32.9 Å². The van der Waals surface area contributed by atoms with Gasteiger partial charge < -0.3 is 5.11 Å². The Bertz CT molecular complexity index is 242. The maximum atomic E-state index is 10.1. The predicted molar refractivity (Wildman–Crippen MR) is 54.4 cm³/mol. The minimum atomic E-state index is -0.135. The molecule has 2 rings (SSSR count). The minimum Gasteiger partial charge on any atom is -0.392 e. The zero-order valence-electron chi connectivity index (χ0n) is 8.88. The Labute approximate surface area is 80.8 Å². The molecule has 1 fully saturated rings. The van der Waals surface area contributed by atoms with E-state index >= 15 is 0 Å². The molecule has 0 aromatic carbocycles. The van der Waals surface area contributed by atoms with E-state index in [1.165, 1.54) is 12.8 Å². The van der Waals surface area contributed by atoms with Gasteiger partial charge in [-0.2, -0.15) is 0 Å². The topological polar surface area (TPSA) is 20.2 Å². The SMILES string of the molecule is CC1(C)CC(O)C2(C)C=CCCC12. The van der Waals surface area contributed by atoms with Gasteiger partial charge in [0, 0.05) is 5.41 Å². The largest absolute Gasteiger partial charge is 0.392 e. The van der Waals surface area contributed by atoms with Gasteiger partial charge in [-0.1, -0.05) is 32.9 Å². The number of hydrogen-bond donors (Lipinski definition) is 1. The highest BCUT2D eigenvalue weighted by Crippen LogP contribution is 2.57. The van der Waals surface area contributed by atoms with Gasteiger partial charge in [-0.3, -0.25) is 0 Å². The molecule has 1 nitrogen and oxygen atoms in total. The second-order valence-electron chi connectivity index (χ2n) is 5.61. The first-order chi connectivity index (χ1) is 5.97.